The molecule has 5 nitrogen and oxygen atoms in total. The first-order chi connectivity index (χ1) is 15.7. The van der Waals surface area contributed by atoms with E-state index in [1.54, 1.807) is 18.2 Å². The number of thiophene rings is 1. The Labute approximate surface area is 186 Å². The lowest BCUT2D eigenvalue weighted by Gasteiger charge is -2.12. The van der Waals surface area contributed by atoms with E-state index in [2.05, 4.69) is 4.74 Å². The van der Waals surface area contributed by atoms with Crippen LogP contribution in [-0.2, 0) is 4.79 Å². The molecule has 0 amide bonds. The van der Waals surface area contributed by atoms with Gasteiger partial charge in [-0.2, -0.15) is 8.78 Å². The highest BCUT2D eigenvalue weighted by atomic mass is 32.1. The summed E-state index contributed by atoms with van der Waals surface area (Å²) in [6, 6.07) is 6.27. The number of ketones is 1. The summed E-state index contributed by atoms with van der Waals surface area (Å²) in [7, 11) is 0. The van der Waals surface area contributed by atoms with E-state index in [4.69, 9.17) is 9.47 Å². The zero-order chi connectivity index (χ0) is 23.9. The molecular weight excluding hydrogens is 471 g/mol. The zero-order valence-corrected chi connectivity index (χ0v) is 17.3. The largest absolute Gasteiger partial charge is 0.476 e. The molecule has 0 radical (unpaired) electrons. The molecule has 0 saturated carbocycles. The first kappa shape index (κ1) is 22.5. The van der Waals surface area contributed by atoms with Crippen molar-refractivity contribution in [2.45, 2.75) is 6.92 Å². The van der Waals surface area contributed by atoms with Crippen LogP contribution in [0.2, 0.25) is 0 Å². The Hall–Kier alpha value is -3.73. The van der Waals surface area contributed by atoms with Crippen molar-refractivity contribution in [2.75, 3.05) is 6.61 Å². The third kappa shape index (κ3) is 4.07. The van der Waals surface area contributed by atoms with E-state index in [1.165, 1.54) is 30.4 Å². The van der Waals surface area contributed by atoms with Gasteiger partial charge in [0.15, 0.2) is 18.1 Å². The third-order valence-corrected chi connectivity index (χ3v) is 5.40. The van der Waals surface area contributed by atoms with Crippen LogP contribution in [0.25, 0.3) is 6.08 Å². The van der Waals surface area contributed by atoms with E-state index in [1.807, 2.05) is 5.38 Å². The van der Waals surface area contributed by atoms with Crippen molar-refractivity contribution in [3.05, 3.63) is 80.5 Å². The van der Waals surface area contributed by atoms with Crippen molar-refractivity contribution < 1.29 is 45.8 Å². The van der Waals surface area contributed by atoms with Crippen molar-refractivity contribution in [2.24, 2.45) is 0 Å². The first-order valence-electron chi connectivity index (χ1n) is 9.15. The smallest absolute Gasteiger partial charge is 0.349 e. The van der Waals surface area contributed by atoms with Crippen molar-refractivity contribution in [1.29, 1.82) is 0 Å². The van der Waals surface area contributed by atoms with Gasteiger partial charge in [0.2, 0.25) is 34.9 Å². The Morgan fingerprint density at radius 1 is 1.03 bits per heavy atom. The predicted octanol–water partition coefficient (Wildman–Crippen LogP) is 5.35. The number of allylic oxidation sites excluding steroid dienone is 1. The average Bonchev–Trinajstić information content (AvgIpc) is 3.42. The van der Waals surface area contributed by atoms with Crippen molar-refractivity contribution in [3.8, 4) is 17.2 Å². The van der Waals surface area contributed by atoms with E-state index >= 15 is 0 Å². The Balaban J connectivity index is 1.50. The molecule has 170 valence electrons. The second-order valence-corrected chi connectivity index (χ2v) is 7.66. The summed E-state index contributed by atoms with van der Waals surface area (Å²) in [5.41, 5.74) is 0.521. The molecule has 0 unspecified atom stereocenters. The molecule has 1 aromatic heterocycles. The number of Topliss-reactive ketones (excluding diaryl/α,β-unsaturated/α-hetero) is 1. The van der Waals surface area contributed by atoms with E-state index in [0.717, 1.165) is 4.88 Å². The maximum Gasteiger partial charge on any atom is 0.349 e. The molecule has 1 aliphatic heterocycles. The molecule has 2 aromatic carbocycles. The second-order valence-electron chi connectivity index (χ2n) is 6.68. The quantitative estimate of drug-likeness (QED) is 0.123. The number of benzene rings is 2. The van der Waals surface area contributed by atoms with E-state index < -0.39 is 47.4 Å². The fourth-order valence-electron chi connectivity index (χ4n) is 2.98. The lowest BCUT2D eigenvalue weighted by atomic mass is 10.1. The Bertz CT molecular complexity index is 1290. The highest BCUT2D eigenvalue weighted by molar-refractivity contribution is 7.10. The van der Waals surface area contributed by atoms with Gasteiger partial charge in [0.05, 0.1) is 5.56 Å². The molecule has 1 aliphatic rings. The van der Waals surface area contributed by atoms with Crippen LogP contribution in [-0.4, -0.2) is 18.4 Å². The summed E-state index contributed by atoms with van der Waals surface area (Å²) in [5, 5.41) is 1.83. The van der Waals surface area contributed by atoms with Crippen LogP contribution < -0.4 is 14.2 Å². The summed E-state index contributed by atoms with van der Waals surface area (Å²) in [4.78, 5) is 25.4. The molecule has 0 N–H and O–H groups in total. The van der Waals surface area contributed by atoms with Crippen LogP contribution in [0.5, 0.6) is 17.2 Å². The second kappa shape index (κ2) is 8.66. The lowest BCUT2D eigenvalue weighted by molar-refractivity contribution is -0.136. The normalized spacial score (nSPS) is 13.8. The van der Waals surface area contributed by atoms with Gasteiger partial charge < -0.3 is 14.2 Å². The molecule has 0 aliphatic carbocycles. The molecule has 0 bridgehead atoms. The SMILES string of the molecule is Cc1c(OC(=O)COc2c(F)c(F)c(F)c(F)c2F)ccc2c1O/C(=C\c1cccs1)C2=O. The van der Waals surface area contributed by atoms with Gasteiger partial charge in [-0.05, 0) is 30.5 Å². The molecule has 33 heavy (non-hydrogen) atoms. The monoisotopic (exact) mass is 482 g/mol. The predicted molar refractivity (Wildman–Crippen MR) is 106 cm³/mol. The van der Waals surface area contributed by atoms with Crippen LogP contribution in [0.1, 0.15) is 20.8 Å². The Kier molecular flexibility index (Phi) is 5.90. The summed E-state index contributed by atoms with van der Waals surface area (Å²) < 4.78 is 82.0. The third-order valence-electron chi connectivity index (χ3n) is 4.58. The minimum absolute atomic E-state index is 0.0510. The lowest BCUT2D eigenvalue weighted by Crippen LogP contribution is -2.20. The van der Waals surface area contributed by atoms with Gasteiger partial charge in [-0.25, -0.2) is 18.0 Å². The standard InChI is InChI=1S/C22H11F5O5S/c1-9-12(5-4-11-20(29)13(32-21(9)11)7-10-3-2-6-33-10)31-14(28)8-30-22-18(26)16(24)15(23)17(25)19(22)27/h2-7H,8H2,1H3/b13-7-. The van der Waals surface area contributed by atoms with Crippen molar-refractivity contribution in [1.82, 2.24) is 0 Å². The number of rotatable bonds is 5. The van der Waals surface area contributed by atoms with Crippen molar-refractivity contribution >= 4 is 29.2 Å². The molecule has 11 heteroatoms. The van der Waals surface area contributed by atoms with Gasteiger partial charge in [0, 0.05) is 16.5 Å². The van der Waals surface area contributed by atoms with Gasteiger partial charge >= 0.3 is 5.97 Å². The Morgan fingerprint density at radius 2 is 1.70 bits per heavy atom. The van der Waals surface area contributed by atoms with Gasteiger partial charge in [0.1, 0.15) is 11.5 Å². The topological polar surface area (TPSA) is 61.8 Å². The average molecular weight is 482 g/mol. The minimum Gasteiger partial charge on any atom is -0.476 e. The molecular formula is C22H11F5O5S. The van der Waals surface area contributed by atoms with Crippen molar-refractivity contribution in [3.63, 3.8) is 0 Å². The number of carbonyl (C=O) groups excluding carboxylic acids is 2. The van der Waals surface area contributed by atoms with E-state index in [9.17, 15) is 31.5 Å². The number of hydrogen-bond acceptors (Lipinski definition) is 6. The summed E-state index contributed by atoms with van der Waals surface area (Å²) in [6.07, 6.45) is 1.57. The minimum atomic E-state index is -2.35. The Morgan fingerprint density at radius 3 is 2.33 bits per heavy atom. The summed E-state index contributed by atoms with van der Waals surface area (Å²) in [6.45, 7) is 0.353. The molecule has 2 heterocycles. The van der Waals surface area contributed by atoms with Crippen LogP contribution >= 0.6 is 11.3 Å². The fraction of sp³-hybridized carbons (Fsp3) is 0.0909. The highest BCUT2D eigenvalue weighted by Gasteiger charge is 2.31. The number of fused-ring (bicyclic) bond motifs is 1. The first-order valence-corrected chi connectivity index (χ1v) is 10.0. The molecule has 0 atom stereocenters. The highest BCUT2D eigenvalue weighted by Crippen LogP contribution is 2.39. The van der Waals surface area contributed by atoms with Crippen LogP contribution in [0, 0.1) is 36.0 Å². The number of ether oxygens (including phenoxy) is 3. The fourth-order valence-corrected chi connectivity index (χ4v) is 3.62. The maximum atomic E-state index is 13.7. The number of esters is 1. The summed E-state index contributed by atoms with van der Waals surface area (Å²) >= 11 is 1.40. The number of carbonyl (C=O) groups is 2. The van der Waals surface area contributed by atoms with Gasteiger partial charge in [-0.1, -0.05) is 6.07 Å². The number of hydrogen-bond donors (Lipinski definition) is 0. The van der Waals surface area contributed by atoms with Gasteiger partial charge in [-0.15, -0.1) is 11.3 Å². The van der Waals surface area contributed by atoms with Gasteiger partial charge in [-0.3, -0.25) is 4.79 Å². The molecule has 0 saturated heterocycles. The zero-order valence-electron chi connectivity index (χ0n) is 16.5. The number of halogens is 5. The molecule has 0 fully saturated rings. The van der Waals surface area contributed by atoms with Crippen LogP contribution in [0.4, 0.5) is 22.0 Å². The van der Waals surface area contributed by atoms with Crippen LogP contribution in [0.15, 0.2) is 35.4 Å². The maximum absolute atomic E-state index is 13.7. The van der Waals surface area contributed by atoms with E-state index in [-0.39, 0.29) is 34.2 Å². The van der Waals surface area contributed by atoms with E-state index in [0.29, 0.717) is 0 Å². The summed E-state index contributed by atoms with van der Waals surface area (Å²) in [5.74, 6) is -14.2. The van der Waals surface area contributed by atoms with Crippen LogP contribution in [0.3, 0.4) is 0 Å². The molecule has 0 spiro atoms. The van der Waals surface area contributed by atoms with Gasteiger partial charge in [0.25, 0.3) is 0 Å². The molecule has 4 rings (SSSR count). The molecule has 3 aromatic rings.